The molecular weight excluding hydrogens is 576 g/mol. The minimum Gasteiger partial charge on any atom is -0.206 e. The second kappa shape index (κ2) is 9.13. The normalized spacial score (nSPS) is 12.3. The smallest absolute Gasteiger partial charge is 0.206 e. The maximum absolute atomic E-state index is 13.7. The van der Waals surface area contributed by atoms with Gasteiger partial charge in [0.15, 0.2) is 0 Å². The van der Waals surface area contributed by atoms with E-state index in [4.69, 9.17) is 0 Å². The molecule has 0 radical (unpaired) electrons. The molecule has 0 aromatic heterocycles. The molecule has 0 unspecified atom stereocenters. The summed E-state index contributed by atoms with van der Waals surface area (Å²) in [5.41, 5.74) is -1.03. The highest BCUT2D eigenvalue weighted by Crippen LogP contribution is 2.40. The van der Waals surface area contributed by atoms with Gasteiger partial charge in [-0.15, -0.1) is 0 Å². The lowest BCUT2D eigenvalue weighted by atomic mass is 9.90. The van der Waals surface area contributed by atoms with E-state index in [1.165, 1.54) is 24.3 Å². The molecule has 0 N–H and O–H groups in total. The molecule has 0 atom stereocenters. The lowest BCUT2D eigenvalue weighted by Gasteiger charge is -2.17. The van der Waals surface area contributed by atoms with Crippen molar-refractivity contribution in [2.45, 2.75) is 23.0 Å². The van der Waals surface area contributed by atoms with Gasteiger partial charge in [-0.05, 0) is 69.8 Å². The fourth-order valence-electron chi connectivity index (χ4n) is 3.27. The number of benzene rings is 3. The molecule has 0 bridgehead atoms. The van der Waals surface area contributed by atoms with Crippen LogP contribution in [0.15, 0.2) is 48.5 Å². The van der Waals surface area contributed by atoms with Crippen LogP contribution in [0.5, 0.6) is 0 Å². The van der Waals surface area contributed by atoms with Crippen LogP contribution in [-0.2, 0) is 23.0 Å². The summed E-state index contributed by atoms with van der Waals surface area (Å²) < 4.78 is 106. The maximum atomic E-state index is 13.7. The van der Waals surface area contributed by atoms with Gasteiger partial charge in [0, 0.05) is 10.7 Å². The van der Waals surface area contributed by atoms with Crippen molar-refractivity contribution in [3.63, 3.8) is 0 Å². The SMILES string of the molecule is Fc1ccc(-c2cc(CBr)c(-c3ccc(F)c(C(F)(F)F)c3)cc2CBr)cc1C(F)(F)F. The van der Waals surface area contributed by atoms with Crippen molar-refractivity contribution in [3.05, 3.63) is 82.4 Å². The number of hydrogen-bond donors (Lipinski definition) is 0. The van der Waals surface area contributed by atoms with Gasteiger partial charge in [-0.1, -0.05) is 44.0 Å². The van der Waals surface area contributed by atoms with Crippen molar-refractivity contribution in [3.8, 4) is 22.3 Å². The second-order valence-electron chi connectivity index (χ2n) is 6.82. The fraction of sp³-hybridized carbons (Fsp3) is 0.182. The van der Waals surface area contributed by atoms with Gasteiger partial charge in [0.25, 0.3) is 0 Å². The fourth-order valence-corrected chi connectivity index (χ4v) is 4.20. The summed E-state index contributed by atoms with van der Waals surface area (Å²) in [6.45, 7) is 0. The van der Waals surface area contributed by atoms with Gasteiger partial charge in [-0.25, -0.2) is 8.78 Å². The first-order chi connectivity index (χ1) is 14.9. The molecule has 0 spiro atoms. The Kier molecular flexibility index (Phi) is 7.05. The molecule has 0 saturated carbocycles. The van der Waals surface area contributed by atoms with Crippen molar-refractivity contribution >= 4 is 31.9 Å². The second-order valence-corrected chi connectivity index (χ2v) is 7.94. The van der Waals surface area contributed by atoms with Crippen molar-refractivity contribution < 1.29 is 35.1 Å². The predicted molar refractivity (Wildman–Crippen MR) is 112 cm³/mol. The predicted octanol–water partition coefficient (Wildman–Crippen LogP) is 9.13. The first-order valence-electron chi connectivity index (χ1n) is 8.88. The van der Waals surface area contributed by atoms with Crippen LogP contribution in [0, 0.1) is 11.6 Å². The molecule has 0 nitrogen and oxygen atoms in total. The van der Waals surface area contributed by atoms with Crippen molar-refractivity contribution in [2.75, 3.05) is 0 Å². The van der Waals surface area contributed by atoms with Gasteiger partial charge in [-0.3, -0.25) is 0 Å². The Morgan fingerprint density at radius 1 is 0.562 bits per heavy atom. The molecule has 10 heteroatoms. The summed E-state index contributed by atoms with van der Waals surface area (Å²) in [6.07, 6.45) is -9.79. The van der Waals surface area contributed by atoms with Crippen LogP contribution in [0.25, 0.3) is 22.3 Å². The third kappa shape index (κ3) is 5.01. The largest absolute Gasteiger partial charge is 0.419 e. The van der Waals surface area contributed by atoms with Gasteiger partial charge in [0.05, 0.1) is 11.1 Å². The molecular formula is C22H12Br2F8. The van der Waals surface area contributed by atoms with Gasteiger partial charge >= 0.3 is 12.4 Å². The molecule has 0 aliphatic carbocycles. The third-order valence-corrected chi connectivity index (χ3v) is 5.99. The molecule has 3 aromatic rings. The average Bonchev–Trinajstić information content (AvgIpc) is 2.72. The number of halogens is 10. The van der Waals surface area contributed by atoms with E-state index in [-0.39, 0.29) is 21.8 Å². The van der Waals surface area contributed by atoms with Crippen LogP contribution in [0.4, 0.5) is 35.1 Å². The van der Waals surface area contributed by atoms with E-state index >= 15 is 0 Å². The molecule has 0 aliphatic rings. The molecule has 0 fully saturated rings. The summed E-state index contributed by atoms with van der Waals surface area (Å²) in [7, 11) is 0. The average molecular weight is 588 g/mol. The Morgan fingerprint density at radius 2 is 0.906 bits per heavy atom. The first-order valence-corrected chi connectivity index (χ1v) is 11.1. The lowest BCUT2D eigenvalue weighted by molar-refractivity contribution is -0.140. The van der Waals surface area contributed by atoms with Crippen LogP contribution < -0.4 is 0 Å². The Morgan fingerprint density at radius 3 is 1.19 bits per heavy atom. The molecule has 0 aliphatic heterocycles. The first kappa shape index (κ1) is 24.7. The minimum absolute atomic E-state index is 0.0945. The Hall–Kier alpha value is -1.94. The highest BCUT2D eigenvalue weighted by atomic mass is 79.9. The highest BCUT2D eigenvalue weighted by Gasteiger charge is 2.35. The van der Waals surface area contributed by atoms with Gasteiger partial charge in [-0.2, -0.15) is 26.3 Å². The van der Waals surface area contributed by atoms with E-state index in [0.29, 0.717) is 46.5 Å². The minimum atomic E-state index is -4.89. The Labute approximate surface area is 194 Å². The molecule has 170 valence electrons. The molecule has 3 rings (SSSR count). The zero-order chi connectivity index (χ0) is 23.8. The zero-order valence-corrected chi connectivity index (χ0v) is 19.0. The van der Waals surface area contributed by atoms with E-state index in [0.717, 1.165) is 0 Å². The molecule has 3 aromatic carbocycles. The van der Waals surface area contributed by atoms with E-state index < -0.39 is 35.1 Å². The van der Waals surface area contributed by atoms with Crippen LogP contribution in [0.3, 0.4) is 0 Å². The summed E-state index contributed by atoms with van der Waals surface area (Å²) in [4.78, 5) is 0. The van der Waals surface area contributed by atoms with Crippen molar-refractivity contribution in [1.29, 1.82) is 0 Å². The van der Waals surface area contributed by atoms with Gasteiger partial charge in [0.1, 0.15) is 11.6 Å². The Balaban J connectivity index is 2.22. The summed E-state index contributed by atoms with van der Waals surface area (Å²) >= 11 is 6.48. The summed E-state index contributed by atoms with van der Waals surface area (Å²) in [5, 5.41) is 0.313. The molecule has 32 heavy (non-hydrogen) atoms. The van der Waals surface area contributed by atoms with Gasteiger partial charge < -0.3 is 0 Å². The Bertz CT molecular complexity index is 1060. The molecule has 0 saturated heterocycles. The zero-order valence-electron chi connectivity index (χ0n) is 15.8. The van der Waals surface area contributed by atoms with Crippen molar-refractivity contribution in [1.82, 2.24) is 0 Å². The van der Waals surface area contributed by atoms with E-state index in [1.807, 2.05) is 0 Å². The molecule has 0 heterocycles. The monoisotopic (exact) mass is 586 g/mol. The van der Waals surface area contributed by atoms with Crippen LogP contribution in [0.1, 0.15) is 22.3 Å². The van der Waals surface area contributed by atoms with E-state index in [2.05, 4.69) is 31.9 Å². The summed E-state index contributed by atoms with van der Waals surface area (Å²) in [5.74, 6) is -2.82. The number of hydrogen-bond acceptors (Lipinski definition) is 0. The third-order valence-electron chi connectivity index (χ3n) is 4.78. The number of alkyl halides is 8. The van der Waals surface area contributed by atoms with E-state index in [1.54, 1.807) is 0 Å². The summed E-state index contributed by atoms with van der Waals surface area (Å²) in [6, 6.07) is 8.24. The lowest BCUT2D eigenvalue weighted by Crippen LogP contribution is -2.09. The maximum Gasteiger partial charge on any atom is 0.419 e. The van der Waals surface area contributed by atoms with Crippen LogP contribution in [0.2, 0.25) is 0 Å². The standard InChI is InChI=1S/C22H12Br2F8/c23-9-13-6-16(12-2-4-20(26)18(8-12)22(30,31)32)14(10-24)5-15(13)11-1-3-19(25)17(7-11)21(27,28)29/h1-8H,9-10H2. The quantitative estimate of drug-likeness (QED) is 0.211. The van der Waals surface area contributed by atoms with Crippen LogP contribution >= 0.6 is 31.9 Å². The van der Waals surface area contributed by atoms with E-state index in [9.17, 15) is 35.1 Å². The topological polar surface area (TPSA) is 0 Å². The highest BCUT2D eigenvalue weighted by molar-refractivity contribution is 9.08. The number of rotatable bonds is 4. The van der Waals surface area contributed by atoms with Crippen molar-refractivity contribution in [2.24, 2.45) is 0 Å². The molecule has 0 amide bonds. The van der Waals surface area contributed by atoms with Crippen LogP contribution in [-0.4, -0.2) is 0 Å². The van der Waals surface area contributed by atoms with Gasteiger partial charge in [0.2, 0.25) is 0 Å².